The Morgan fingerprint density at radius 1 is 1.54 bits per heavy atom. The highest BCUT2D eigenvalue weighted by molar-refractivity contribution is 5.86. The molecule has 0 bridgehead atoms. The number of hydrogen-bond acceptors (Lipinski definition) is 4. The predicted octanol–water partition coefficient (Wildman–Crippen LogP) is -2.11. The maximum Gasteiger partial charge on any atom is 0.237 e. The molecule has 2 atom stereocenters. The minimum absolute atomic E-state index is 0.206. The zero-order valence-corrected chi connectivity index (χ0v) is 7.32. The molecule has 6 heteroatoms. The van der Waals surface area contributed by atoms with Crippen LogP contribution in [0, 0.1) is 0 Å². The lowest BCUT2D eigenvalue weighted by Crippen LogP contribution is -2.45. The SMILES string of the molecule is C[C@H](N)C(=O)N[C@H](C=O)CC(N)=O. The number of carbonyl (C=O) groups is 3. The van der Waals surface area contributed by atoms with Crippen LogP contribution in [0.15, 0.2) is 0 Å². The Morgan fingerprint density at radius 2 is 2.08 bits per heavy atom. The van der Waals surface area contributed by atoms with Crippen LogP contribution >= 0.6 is 0 Å². The average molecular weight is 187 g/mol. The lowest BCUT2D eigenvalue weighted by atomic mass is 10.2. The van der Waals surface area contributed by atoms with Gasteiger partial charge in [0.05, 0.1) is 18.5 Å². The summed E-state index contributed by atoms with van der Waals surface area (Å²) in [7, 11) is 0. The van der Waals surface area contributed by atoms with Crippen molar-refractivity contribution < 1.29 is 14.4 Å². The van der Waals surface area contributed by atoms with Crippen molar-refractivity contribution in [3.8, 4) is 0 Å². The maximum atomic E-state index is 10.9. The van der Waals surface area contributed by atoms with Crippen LogP contribution in [0.5, 0.6) is 0 Å². The number of aldehydes is 1. The van der Waals surface area contributed by atoms with Crippen molar-refractivity contribution in [1.29, 1.82) is 0 Å². The molecule has 0 aliphatic rings. The van der Waals surface area contributed by atoms with E-state index in [2.05, 4.69) is 5.32 Å². The highest BCUT2D eigenvalue weighted by Crippen LogP contribution is 1.88. The Balaban J connectivity index is 4.05. The standard InChI is InChI=1S/C7H13N3O3/c1-4(8)7(13)10-5(3-11)2-6(9)12/h3-5H,2,8H2,1H3,(H2,9,12)(H,10,13)/t4-,5-/m0/s1. The number of nitrogens with two attached hydrogens (primary N) is 2. The highest BCUT2D eigenvalue weighted by atomic mass is 16.2. The first kappa shape index (κ1) is 11.6. The van der Waals surface area contributed by atoms with Gasteiger partial charge in [0.2, 0.25) is 11.8 Å². The van der Waals surface area contributed by atoms with E-state index < -0.39 is 23.9 Å². The molecule has 0 saturated carbocycles. The van der Waals surface area contributed by atoms with Crippen LogP contribution < -0.4 is 16.8 Å². The third-order valence-electron chi connectivity index (χ3n) is 1.33. The van der Waals surface area contributed by atoms with E-state index in [-0.39, 0.29) is 6.42 Å². The molecule has 0 fully saturated rings. The molecule has 5 N–H and O–H groups in total. The van der Waals surface area contributed by atoms with E-state index in [1.807, 2.05) is 0 Å². The fraction of sp³-hybridized carbons (Fsp3) is 0.571. The number of primary amides is 1. The number of nitrogens with one attached hydrogen (secondary N) is 1. The fourth-order valence-electron chi connectivity index (χ4n) is 0.664. The van der Waals surface area contributed by atoms with Crippen LogP contribution in [0.2, 0.25) is 0 Å². The van der Waals surface area contributed by atoms with E-state index in [4.69, 9.17) is 11.5 Å². The van der Waals surface area contributed by atoms with Gasteiger partial charge in [-0.25, -0.2) is 0 Å². The number of carbonyl (C=O) groups excluding carboxylic acids is 3. The number of rotatable bonds is 5. The van der Waals surface area contributed by atoms with Gasteiger partial charge in [0.25, 0.3) is 0 Å². The summed E-state index contributed by atoms with van der Waals surface area (Å²) in [6.07, 6.45) is 0.243. The molecule has 0 unspecified atom stereocenters. The summed E-state index contributed by atoms with van der Waals surface area (Å²) in [5.41, 5.74) is 10.1. The van der Waals surface area contributed by atoms with Crippen LogP contribution in [0.25, 0.3) is 0 Å². The lowest BCUT2D eigenvalue weighted by Gasteiger charge is -2.12. The molecule has 2 amide bonds. The van der Waals surface area contributed by atoms with Crippen molar-refractivity contribution in [2.45, 2.75) is 25.4 Å². The zero-order valence-electron chi connectivity index (χ0n) is 7.32. The minimum Gasteiger partial charge on any atom is -0.370 e. The Morgan fingerprint density at radius 3 is 2.38 bits per heavy atom. The summed E-state index contributed by atoms with van der Waals surface area (Å²) in [6, 6.07) is -1.59. The molecule has 0 spiro atoms. The van der Waals surface area contributed by atoms with Crippen molar-refractivity contribution in [3.63, 3.8) is 0 Å². The van der Waals surface area contributed by atoms with E-state index in [1.165, 1.54) is 6.92 Å². The molecule has 0 radical (unpaired) electrons. The summed E-state index contributed by atoms with van der Waals surface area (Å²) in [6.45, 7) is 1.47. The predicted molar refractivity (Wildman–Crippen MR) is 45.5 cm³/mol. The van der Waals surface area contributed by atoms with Gasteiger partial charge in [0.1, 0.15) is 6.29 Å². The smallest absolute Gasteiger partial charge is 0.237 e. The second kappa shape index (κ2) is 5.26. The van der Waals surface area contributed by atoms with Crippen molar-refractivity contribution in [3.05, 3.63) is 0 Å². The van der Waals surface area contributed by atoms with Crippen molar-refractivity contribution in [1.82, 2.24) is 5.32 Å². The number of hydrogen-bond donors (Lipinski definition) is 3. The quantitative estimate of drug-likeness (QED) is 0.427. The number of amides is 2. The second-order valence-electron chi connectivity index (χ2n) is 2.71. The molecule has 0 aromatic rings. The van der Waals surface area contributed by atoms with Gasteiger partial charge in [-0.15, -0.1) is 0 Å². The van der Waals surface area contributed by atoms with Crippen LogP contribution in [0.1, 0.15) is 13.3 Å². The minimum atomic E-state index is -0.879. The molecule has 6 nitrogen and oxygen atoms in total. The first-order chi connectivity index (χ1) is 5.97. The normalized spacial score (nSPS) is 14.3. The molecule has 0 rings (SSSR count). The molecular weight excluding hydrogens is 174 g/mol. The van der Waals surface area contributed by atoms with Crippen LogP contribution in [-0.2, 0) is 14.4 Å². The first-order valence-electron chi connectivity index (χ1n) is 3.77. The summed E-state index contributed by atoms with van der Waals surface area (Å²) < 4.78 is 0. The Hall–Kier alpha value is -1.43. The van der Waals surface area contributed by atoms with E-state index in [1.54, 1.807) is 0 Å². The average Bonchev–Trinajstić information content (AvgIpc) is 2.02. The summed E-state index contributed by atoms with van der Waals surface area (Å²) in [4.78, 5) is 31.7. The van der Waals surface area contributed by atoms with Crippen LogP contribution in [0.3, 0.4) is 0 Å². The Kier molecular flexibility index (Phi) is 4.68. The molecule has 0 aliphatic carbocycles. The summed E-state index contributed by atoms with van der Waals surface area (Å²) in [5.74, 6) is -1.14. The summed E-state index contributed by atoms with van der Waals surface area (Å²) >= 11 is 0. The van der Waals surface area contributed by atoms with Crippen molar-refractivity contribution >= 4 is 18.1 Å². The molecule has 0 saturated heterocycles. The molecule has 0 heterocycles. The van der Waals surface area contributed by atoms with Gasteiger partial charge in [-0.2, -0.15) is 0 Å². The first-order valence-corrected chi connectivity index (χ1v) is 3.77. The van der Waals surface area contributed by atoms with Gasteiger partial charge in [-0.05, 0) is 6.92 Å². The maximum absolute atomic E-state index is 10.9. The third kappa shape index (κ3) is 4.91. The lowest BCUT2D eigenvalue weighted by molar-refractivity contribution is -0.126. The topological polar surface area (TPSA) is 115 Å². The van der Waals surface area contributed by atoms with E-state index >= 15 is 0 Å². The van der Waals surface area contributed by atoms with Gasteiger partial charge < -0.3 is 21.6 Å². The largest absolute Gasteiger partial charge is 0.370 e. The zero-order chi connectivity index (χ0) is 10.4. The monoisotopic (exact) mass is 187 g/mol. The molecule has 74 valence electrons. The second-order valence-corrected chi connectivity index (χ2v) is 2.71. The Labute approximate surface area is 75.6 Å². The van der Waals surface area contributed by atoms with Gasteiger partial charge >= 0.3 is 0 Å². The van der Waals surface area contributed by atoms with Gasteiger partial charge in [-0.1, -0.05) is 0 Å². The van der Waals surface area contributed by atoms with E-state index in [0.29, 0.717) is 6.29 Å². The fourth-order valence-corrected chi connectivity index (χ4v) is 0.664. The van der Waals surface area contributed by atoms with E-state index in [0.717, 1.165) is 0 Å². The van der Waals surface area contributed by atoms with E-state index in [9.17, 15) is 14.4 Å². The molecule has 0 aromatic carbocycles. The summed E-state index contributed by atoms with van der Waals surface area (Å²) in [5, 5.41) is 2.26. The Bertz CT molecular complexity index is 215. The van der Waals surface area contributed by atoms with Crippen molar-refractivity contribution in [2.75, 3.05) is 0 Å². The van der Waals surface area contributed by atoms with Gasteiger partial charge in [0, 0.05) is 0 Å². The highest BCUT2D eigenvalue weighted by Gasteiger charge is 2.15. The molecule has 0 aliphatic heterocycles. The molecular formula is C7H13N3O3. The third-order valence-corrected chi connectivity index (χ3v) is 1.33. The molecule has 0 aromatic heterocycles. The van der Waals surface area contributed by atoms with Crippen LogP contribution in [-0.4, -0.2) is 30.2 Å². The molecule has 13 heavy (non-hydrogen) atoms. The van der Waals surface area contributed by atoms with Gasteiger partial charge in [0.15, 0.2) is 0 Å². The van der Waals surface area contributed by atoms with Gasteiger partial charge in [-0.3, -0.25) is 9.59 Å². The van der Waals surface area contributed by atoms with Crippen molar-refractivity contribution in [2.24, 2.45) is 11.5 Å². The van der Waals surface area contributed by atoms with Crippen LogP contribution in [0.4, 0.5) is 0 Å².